The fourth-order valence-electron chi connectivity index (χ4n) is 8.52. The summed E-state index contributed by atoms with van der Waals surface area (Å²) < 4.78 is 55.8. The minimum absolute atomic E-state index is 0.0102. The van der Waals surface area contributed by atoms with Crippen LogP contribution in [0.1, 0.15) is 29.5 Å². The number of amides is 5. The third-order valence-electron chi connectivity index (χ3n) is 11.0. The van der Waals surface area contributed by atoms with Crippen molar-refractivity contribution in [3.63, 3.8) is 0 Å². The largest absolute Gasteiger partial charge is 0.502 e. The van der Waals surface area contributed by atoms with Gasteiger partial charge in [-0.05, 0) is 60.2 Å². The number of hydrazine groups is 1. The van der Waals surface area contributed by atoms with E-state index >= 15 is 4.79 Å². The van der Waals surface area contributed by atoms with Crippen molar-refractivity contribution in [3.8, 4) is 17.2 Å². The Hall–Kier alpha value is -5.61. The fraction of sp³-hybridized carbons (Fsp3) is 0.316. The molecule has 2 aliphatic heterocycles. The molecule has 3 aromatic rings. The molecule has 5 amide bonds. The molecule has 0 unspecified atom stereocenters. The molecule has 3 heterocycles. The van der Waals surface area contributed by atoms with Crippen molar-refractivity contribution in [3.05, 3.63) is 93.1 Å². The number of nitrogens with one attached hydrogen (secondary N) is 1. The van der Waals surface area contributed by atoms with Crippen LogP contribution in [0.5, 0.6) is 17.2 Å². The zero-order valence-corrected chi connectivity index (χ0v) is 31.1. The highest BCUT2D eigenvalue weighted by molar-refractivity contribution is 6.33. The average molecular weight is 816 g/mol. The smallest absolute Gasteiger partial charge is 0.423 e. The quantitative estimate of drug-likeness (QED) is 0.200. The number of phenolic OH excluding ortho intramolecular Hbond substituents is 1. The van der Waals surface area contributed by atoms with Crippen molar-refractivity contribution in [1.82, 2.24) is 14.9 Å². The second-order valence-electron chi connectivity index (χ2n) is 13.6. The molecule has 6 atom stereocenters. The minimum atomic E-state index is -4.78. The molecule has 0 radical (unpaired) electrons. The molecule has 2 aliphatic carbocycles. The first kappa shape index (κ1) is 38.7. The number of methoxy groups -OCH3 is 3. The number of pyridine rings is 1. The van der Waals surface area contributed by atoms with E-state index in [9.17, 15) is 37.5 Å². The summed E-state index contributed by atoms with van der Waals surface area (Å²) in [7, 11) is 3.72. The first-order valence-corrected chi connectivity index (χ1v) is 17.8. The van der Waals surface area contributed by atoms with Crippen LogP contribution in [0, 0.1) is 29.6 Å². The summed E-state index contributed by atoms with van der Waals surface area (Å²) in [5, 5.41) is 11.0. The van der Waals surface area contributed by atoms with Crippen molar-refractivity contribution in [2.24, 2.45) is 29.6 Å². The van der Waals surface area contributed by atoms with Crippen LogP contribution in [0.2, 0.25) is 10.0 Å². The number of likely N-dealkylation sites (tertiary alicyclic amines) is 1. The minimum Gasteiger partial charge on any atom is -0.502 e. The highest BCUT2D eigenvalue weighted by atomic mass is 35.5. The Bertz CT molecular complexity index is 2220. The Morgan fingerprint density at radius 3 is 2.23 bits per heavy atom. The summed E-state index contributed by atoms with van der Waals surface area (Å²) in [5.74, 6) is -9.01. The number of benzene rings is 2. The number of ether oxygens (including phenoxy) is 3. The summed E-state index contributed by atoms with van der Waals surface area (Å²) in [6.45, 7) is 0. The van der Waals surface area contributed by atoms with Crippen molar-refractivity contribution in [2.45, 2.75) is 24.4 Å². The number of aromatic nitrogens is 1. The van der Waals surface area contributed by atoms with Crippen LogP contribution >= 0.6 is 23.2 Å². The maximum absolute atomic E-state index is 15.2. The molecular formula is C38H31Cl2F3N4O9. The lowest BCUT2D eigenvalue weighted by molar-refractivity contribution is -0.140. The van der Waals surface area contributed by atoms with Gasteiger partial charge in [0.05, 0.1) is 55.1 Å². The van der Waals surface area contributed by atoms with Crippen LogP contribution in [0.3, 0.4) is 0 Å². The number of alkyl halides is 3. The Balaban J connectivity index is 1.43. The van der Waals surface area contributed by atoms with Crippen LogP contribution < -0.4 is 14.9 Å². The molecule has 18 heteroatoms. The van der Waals surface area contributed by atoms with Gasteiger partial charge in [0.1, 0.15) is 0 Å². The molecule has 0 spiro atoms. The molecule has 2 aromatic carbocycles. The van der Waals surface area contributed by atoms with Gasteiger partial charge >= 0.3 is 12.3 Å². The number of hydrogen-bond donors (Lipinski definition) is 2. The fourth-order valence-corrected chi connectivity index (χ4v) is 8.85. The van der Waals surface area contributed by atoms with Crippen molar-refractivity contribution in [1.29, 1.82) is 0 Å². The summed E-state index contributed by atoms with van der Waals surface area (Å²) in [6.07, 6.45) is -0.577. The standard InChI is InChI=1S/C38H31Cl2F3N4O9/c1-54-27-12-17(13-28(55-2)30(27)48)4-11-24-21-9-10-22-29(34(51)46(32(22)49)36(53)56-3)23(21)15-25-33(50)47(35(52)37(24,25)18-5-7-20(39)8-6-18)45-31-26(40)14-19(16-44-31)38(41,42)43/h4-9,11-14,16,22-25,29,48H,10,15H2,1-3H3,(H,44,45)/t22-,23+,24-,25-,29-,37-/m0/s1. The Labute approximate surface area is 326 Å². The Morgan fingerprint density at radius 1 is 0.982 bits per heavy atom. The lowest BCUT2D eigenvalue weighted by Crippen LogP contribution is -2.54. The van der Waals surface area contributed by atoms with Gasteiger partial charge in [0.25, 0.3) is 11.8 Å². The van der Waals surface area contributed by atoms with E-state index < -0.39 is 87.3 Å². The topological polar surface area (TPSA) is 165 Å². The molecule has 2 N–H and O–H groups in total. The van der Waals surface area contributed by atoms with Gasteiger partial charge in [-0.1, -0.05) is 59.1 Å². The number of carbonyl (C=O) groups excluding carboxylic acids is 5. The van der Waals surface area contributed by atoms with E-state index in [4.69, 9.17) is 37.4 Å². The number of carbonyl (C=O) groups is 5. The van der Waals surface area contributed by atoms with Crippen LogP contribution in [0.15, 0.2) is 66.4 Å². The first-order valence-electron chi connectivity index (χ1n) is 17.0. The monoisotopic (exact) mass is 814 g/mol. The van der Waals surface area contributed by atoms with Gasteiger partial charge in [0.2, 0.25) is 17.6 Å². The Kier molecular flexibility index (Phi) is 9.77. The summed E-state index contributed by atoms with van der Waals surface area (Å²) >= 11 is 12.5. The molecule has 292 valence electrons. The number of allylic oxidation sites excluding steroid dienone is 3. The molecular weight excluding hydrogens is 784 g/mol. The molecule has 1 aromatic heterocycles. The lowest BCUT2D eigenvalue weighted by atomic mass is 9.50. The maximum Gasteiger partial charge on any atom is 0.423 e. The van der Waals surface area contributed by atoms with E-state index in [2.05, 4.69) is 10.4 Å². The predicted molar refractivity (Wildman–Crippen MR) is 192 cm³/mol. The van der Waals surface area contributed by atoms with Gasteiger partial charge < -0.3 is 19.3 Å². The highest BCUT2D eigenvalue weighted by Crippen LogP contribution is 2.61. The molecule has 0 bridgehead atoms. The summed E-state index contributed by atoms with van der Waals surface area (Å²) in [6, 6.07) is 9.84. The molecule has 7 rings (SSSR count). The van der Waals surface area contributed by atoms with E-state index in [1.807, 2.05) is 0 Å². The molecule has 1 saturated carbocycles. The average Bonchev–Trinajstić information content (AvgIpc) is 3.55. The second kappa shape index (κ2) is 14.2. The first-order chi connectivity index (χ1) is 26.6. The van der Waals surface area contributed by atoms with E-state index in [-0.39, 0.29) is 30.1 Å². The number of imide groups is 4. The van der Waals surface area contributed by atoms with E-state index in [1.54, 1.807) is 30.4 Å². The van der Waals surface area contributed by atoms with Crippen molar-refractivity contribution >= 4 is 64.8 Å². The van der Waals surface area contributed by atoms with Crippen LogP contribution in [0.25, 0.3) is 6.08 Å². The lowest BCUT2D eigenvalue weighted by Gasteiger charge is -2.49. The summed E-state index contributed by atoms with van der Waals surface area (Å²) in [4.78, 5) is 74.2. The zero-order valence-electron chi connectivity index (χ0n) is 29.6. The third kappa shape index (κ3) is 5.93. The van der Waals surface area contributed by atoms with Crippen LogP contribution in [0.4, 0.5) is 23.8 Å². The van der Waals surface area contributed by atoms with E-state index in [1.165, 1.54) is 38.5 Å². The van der Waals surface area contributed by atoms with E-state index in [0.717, 1.165) is 7.11 Å². The van der Waals surface area contributed by atoms with Gasteiger partial charge in [0.15, 0.2) is 17.3 Å². The normalized spacial score (nSPS) is 25.9. The van der Waals surface area contributed by atoms with Crippen LogP contribution in [-0.2, 0) is 35.5 Å². The number of anilines is 1. The Morgan fingerprint density at radius 2 is 1.64 bits per heavy atom. The molecule has 2 saturated heterocycles. The van der Waals surface area contributed by atoms with Crippen molar-refractivity contribution < 1.29 is 56.5 Å². The van der Waals surface area contributed by atoms with Gasteiger partial charge in [0, 0.05) is 17.1 Å². The van der Waals surface area contributed by atoms with Gasteiger partial charge in [-0.15, -0.1) is 0 Å². The maximum atomic E-state index is 15.2. The predicted octanol–water partition coefficient (Wildman–Crippen LogP) is 6.43. The van der Waals surface area contributed by atoms with Crippen LogP contribution in [-0.4, -0.2) is 71.1 Å². The van der Waals surface area contributed by atoms with E-state index in [0.29, 0.717) is 43.9 Å². The van der Waals surface area contributed by atoms with Gasteiger partial charge in [-0.3, -0.25) is 24.6 Å². The molecule has 4 aliphatic rings. The van der Waals surface area contributed by atoms with Gasteiger partial charge in [-0.2, -0.15) is 23.1 Å². The molecule has 13 nitrogen and oxygen atoms in total. The number of aromatic hydroxyl groups is 1. The number of phenols is 1. The number of rotatable bonds is 7. The third-order valence-corrected chi connectivity index (χ3v) is 11.5. The van der Waals surface area contributed by atoms with Crippen molar-refractivity contribution in [2.75, 3.05) is 26.8 Å². The number of fused-ring (bicyclic) bond motifs is 4. The highest BCUT2D eigenvalue weighted by Gasteiger charge is 2.70. The number of nitrogens with zero attached hydrogens (tertiary/aromatic N) is 3. The number of halogens is 5. The molecule has 56 heavy (non-hydrogen) atoms. The molecule has 3 fully saturated rings. The number of hydrogen-bond acceptors (Lipinski definition) is 11. The SMILES string of the molecule is COC(=O)N1C(=O)[C@H]2[C@H](CC=C3[C@H]2C[C@H]2C(=O)N(Nc4ncc(C(F)(F)F)cc4Cl)C(=O)[C@@]2(c2ccc(Cl)cc2)[C@H]3C=Cc2cc(OC)c(O)c(OC)c2)C1=O. The zero-order chi connectivity index (χ0) is 40.4. The summed E-state index contributed by atoms with van der Waals surface area (Å²) in [5.41, 5.74) is 0.898. The van der Waals surface area contributed by atoms with Gasteiger partial charge in [-0.25, -0.2) is 9.78 Å². The second-order valence-corrected chi connectivity index (χ2v) is 14.4.